The van der Waals surface area contributed by atoms with Crippen LogP contribution < -0.4 is 20.9 Å². The maximum absolute atomic E-state index is 12.9. The molecule has 3 saturated carbocycles. The minimum atomic E-state index is -0.484. The molecular formula is C28H39Cl2N7O. The van der Waals surface area contributed by atoms with Gasteiger partial charge in [0.1, 0.15) is 5.02 Å². The topological polar surface area (TPSA) is 85.4 Å². The third-order valence-electron chi connectivity index (χ3n) is 9.50. The van der Waals surface area contributed by atoms with Gasteiger partial charge in [-0.3, -0.25) is 4.79 Å². The van der Waals surface area contributed by atoms with Gasteiger partial charge in [0.15, 0.2) is 5.82 Å². The number of nitrogens with one attached hydrogen (secondary N) is 3. The van der Waals surface area contributed by atoms with Gasteiger partial charge in [0.25, 0.3) is 0 Å². The minimum Gasteiger partial charge on any atom is -0.368 e. The lowest BCUT2D eigenvalue weighted by Gasteiger charge is -2.66. The third-order valence-corrected chi connectivity index (χ3v) is 10.1. The molecule has 4 aliphatic rings. The maximum Gasteiger partial charge on any atom is 0.229 e. The molecule has 38 heavy (non-hydrogen) atoms. The highest BCUT2D eigenvalue weighted by molar-refractivity contribution is 6.33. The lowest BCUT2D eigenvalue weighted by atomic mass is 9.40. The van der Waals surface area contributed by atoms with Crippen molar-refractivity contribution < 1.29 is 4.79 Å². The van der Waals surface area contributed by atoms with Gasteiger partial charge in [0.05, 0.1) is 28.4 Å². The van der Waals surface area contributed by atoms with Gasteiger partial charge in [-0.1, -0.05) is 44.0 Å². The zero-order chi connectivity index (χ0) is 27.2. The van der Waals surface area contributed by atoms with Gasteiger partial charge in [-0.05, 0) is 61.8 Å². The first-order valence-corrected chi connectivity index (χ1v) is 14.4. The largest absolute Gasteiger partial charge is 0.368 e. The van der Waals surface area contributed by atoms with E-state index < -0.39 is 5.54 Å². The number of likely N-dealkylation sites (N-methyl/N-ethyl adjacent to an activating group) is 1. The number of piperazine rings is 1. The lowest BCUT2D eigenvalue weighted by molar-refractivity contribution is -0.155. The molecule has 4 fully saturated rings. The summed E-state index contributed by atoms with van der Waals surface area (Å²) in [5, 5.41) is 11.0. The van der Waals surface area contributed by atoms with Gasteiger partial charge in [0, 0.05) is 38.9 Å². The molecular weight excluding hydrogens is 521 g/mol. The van der Waals surface area contributed by atoms with E-state index in [1.54, 1.807) is 13.2 Å². The Morgan fingerprint density at radius 1 is 1.11 bits per heavy atom. The second-order valence-electron chi connectivity index (χ2n) is 11.7. The lowest BCUT2D eigenvalue weighted by Crippen LogP contribution is -2.69. The Hall–Kier alpha value is -2.29. The molecule has 0 radical (unpaired) electrons. The number of hydrogen-bond acceptors (Lipinski definition) is 7. The van der Waals surface area contributed by atoms with E-state index in [1.807, 2.05) is 12.1 Å². The van der Waals surface area contributed by atoms with E-state index in [0.717, 1.165) is 62.0 Å². The predicted molar refractivity (Wildman–Crippen MR) is 156 cm³/mol. The van der Waals surface area contributed by atoms with Gasteiger partial charge in [-0.2, -0.15) is 4.98 Å². The zero-order valence-electron chi connectivity index (χ0n) is 22.9. The van der Waals surface area contributed by atoms with Gasteiger partial charge < -0.3 is 25.8 Å². The van der Waals surface area contributed by atoms with E-state index in [9.17, 15) is 4.79 Å². The van der Waals surface area contributed by atoms with E-state index in [2.05, 4.69) is 64.5 Å². The number of benzene rings is 1. The molecule has 8 nitrogen and oxygen atoms in total. The maximum atomic E-state index is 12.9. The number of amides is 1. The second-order valence-corrected chi connectivity index (χ2v) is 12.5. The van der Waals surface area contributed by atoms with E-state index in [4.69, 9.17) is 28.2 Å². The molecule has 2 heterocycles. The number of halogens is 2. The van der Waals surface area contributed by atoms with Crippen LogP contribution in [-0.4, -0.2) is 66.1 Å². The molecule has 0 spiro atoms. The summed E-state index contributed by atoms with van der Waals surface area (Å²) in [6.07, 6.45) is 3.55. The van der Waals surface area contributed by atoms with Gasteiger partial charge in [0.2, 0.25) is 11.9 Å². The Balaban J connectivity index is 1.38. The Kier molecular flexibility index (Phi) is 7.44. The van der Waals surface area contributed by atoms with Crippen LogP contribution in [0.3, 0.4) is 0 Å². The van der Waals surface area contributed by atoms with E-state index in [1.165, 1.54) is 0 Å². The van der Waals surface area contributed by atoms with Crippen molar-refractivity contribution in [3.63, 3.8) is 0 Å². The first-order valence-electron chi connectivity index (χ1n) is 13.6. The third kappa shape index (κ3) is 4.80. The van der Waals surface area contributed by atoms with Crippen LogP contribution in [0.15, 0.2) is 24.4 Å². The van der Waals surface area contributed by atoms with Crippen molar-refractivity contribution in [3.05, 3.63) is 34.4 Å². The average Bonchev–Trinajstić information content (AvgIpc) is 2.90. The molecule has 0 unspecified atom stereocenters. The summed E-state index contributed by atoms with van der Waals surface area (Å²) in [6, 6.07) is 5.89. The summed E-state index contributed by atoms with van der Waals surface area (Å²) in [5.74, 6) is 1.73. The highest BCUT2D eigenvalue weighted by Crippen LogP contribution is 2.65. The molecule has 2 bridgehead atoms. The quantitative estimate of drug-likeness (QED) is 0.426. The van der Waals surface area contributed by atoms with E-state index in [0.29, 0.717) is 28.6 Å². The predicted octanol–water partition coefficient (Wildman–Crippen LogP) is 5.27. The molecule has 4 atom stereocenters. The molecule has 206 valence electrons. The number of fused-ring (bicyclic) bond motifs is 2. The van der Waals surface area contributed by atoms with Gasteiger partial charge in [-0.15, -0.1) is 0 Å². The highest BCUT2D eigenvalue weighted by atomic mass is 35.5. The summed E-state index contributed by atoms with van der Waals surface area (Å²) in [6.45, 7) is 13.9. The highest BCUT2D eigenvalue weighted by Gasteiger charge is 2.64. The number of anilines is 4. The molecule has 10 heteroatoms. The number of hydrogen-bond donors (Lipinski definition) is 3. The van der Waals surface area contributed by atoms with Gasteiger partial charge >= 0.3 is 0 Å². The first kappa shape index (κ1) is 27.3. The summed E-state index contributed by atoms with van der Waals surface area (Å²) < 4.78 is 0. The van der Waals surface area contributed by atoms with E-state index >= 15 is 0 Å². The average molecular weight is 561 g/mol. The molecule has 1 aliphatic heterocycles. The fraction of sp³-hybridized carbons (Fsp3) is 0.607. The second kappa shape index (κ2) is 10.4. The number of carbonyl (C=O) groups excluding carboxylic acids is 1. The smallest absolute Gasteiger partial charge is 0.229 e. The van der Waals surface area contributed by atoms with Crippen molar-refractivity contribution in [1.82, 2.24) is 20.2 Å². The summed E-state index contributed by atoms with van der Waals surface area (Å²) in [7, 11) is 1.71. The molecule has 6 rings (SSSR count). The van der Waals surface area contributed by atoms with Crippen molar-refractivity contribution in [2.75, 3.05) is 55.3 Å². The van der Waals surface area contributed by atoms with Crippen molar-refractivity contribution in [3.8, 4) is 0 Å². The minimum absolute atomic E-state index is 0.0576. The summed E-state index contributed by atoms with van der Waals surface area (Å²) in [4.78, 5) is 26.9. The Morgan fingerprint density at radius 2 is 1.84 bits per heavy atom. The number of carbonyl (C=O) groups is 1. The molecule has 3 aliphatic carbocycles. The monoisotopic (exact) mass is 559 g/mol. The normalized spacial score (nSPS) is 28.4. The SMILES string of the molecule is CCN1CCN(c2cc(Nc3ncc(Cl)c(N[C@@]4(C)[C@@H](C(=O)NC)C[C@@H]5C[C@@H]4C5(C)C)n3)ccc2Cl)CC1. The number of aromatic nitrogens is 2. The molecule has 2 aromatic rings. The number of nitrogens with zero attached hydrogens (tertiary/aromatic N) is 4. The van der Waals surface area contributed by atoms with Crippen molar-refractivity contribution in [2.24, 2.45) is 23.2 Å². The Morgan fingerprint density at radius 3 is 2.50 bits per heavy atom. The van der Waals surface area contributed by atoms with Gasteiger partial charge in [-0.25, -0.2) is 4.98 Å². The molecule has 1 aromatic carbocycles. The first-order chi connectivity index (χ1) is 18.1. The van der Waals surface area contributed by atoms with Crippen molar-refractivity contribution in [2.45, 2.75) is 46.1 Å². The molecule has 3 N–H and O–H groups in total. The molecule has 1 saturated heterocycles. The summed E-state index contributed by atoms with van der Waals surface area (Å²) in [5.41, 5.74) is 1.52. The van der Waals surface area contributed by atoms with Crippen LogP contribution in [0.4, 0.5) is 23.1 Å². The van der Waals surface area contributed by atoms with Crippen LogP contribution in [0.5, 0.6) is 0 Å². The van der Waals surface area contributed by atoms with Crippen molar-refractivity contribution in [1.29, 1.82) is 0 Å². The standard InChI is InChI=1S/C28H39Cl2N7O/c1-6-36-9-11-37(12-10-36)22-15-18(7-8-20(22)29)33-26-32-16-21(30)24(34-26)35-28(4)19(25(38)31-5)13-17-14-23(28)27(17,2)3/h7-8,15-17,19,23H,6,9-14H2,1-5H3,(H,31,38)(H2,32,33,34,35)/t17-,19-,23-,28+/m1/s1. The van der Waals surface area contributed by atoms with Crippen LogP contribution >= 0.6 is 23.2 Å². The summed E-state index contributed by atoms with van der Waals surface area (Å²) >= 11 is 13.2. The molecule has 1 aromatic heterocycles. The van der Waals surface area contributed by atoms with Crippen LogP contribution in [0, 0.1) is 23.2 Å². The van der Waals surface area contributed by atoms with Crippen LogP contribution in [0.2, 0.25) is 10.0 Å². The van der Waals surface area contributed by atoms with Crippen molar-refractivity contribution >= 4 is 52.3 Å². The fourth-order valence-electron chi connectivity index (χ4n) is 6.97. The van der Waals surface area contributed by atoms with E-state index in [-0.39, 0.29) is 17.2 Å². The number of rotatable bonds is 7. The fourth-order valence-corrected chi connectivity index (χ4v) is 7.35. The zero-order valence-corrected chi connectivity index (χ0v) is 24.5. The molecule has 1 amide bonds. The van der Waals surface area contributed by atoms with Crippen LogP contribution in [0.1, 0.15) is 40.5 Å². The van der Waals surface area contributed by atoms with Crippen LogP contribution in [-0.2, 0) is 4.79 Å². The Labute approximate surface area is 235 Å². The Bertz CT molecular complexity index is 1200. The van der Waals surface area contributed by atoms with Crippen LogP contribution in [0.25, 0.3) is 0 Å².